The van der Waals surface area contributed by atoms with Gasteiger partial charge in [-0.25, -0.2) is 4.90 Å². The lowest BCUT2D eigenvalue weighted by atomic mass is 9.86. The first-order valence-corrected chi connectivity index (χ1v) is 10.6. The number of imide groups is 1. The second-order valence-corrected chi connectivity index (χ2v) is 8.59. The third kappa shape index (κ3) is 2.98. The molecule has 9 nitrogen and oxygen atoms in total. The van der Waals surface area contributed by atoms with E-state index < -0.39 is 46.4 Å². The second kappa shape index (κ2) is 7.49. The first-order valence-electron chi connectivity index (χ1n) is 9.79. The van der Waals surface area contributed by atoms with Crippen LogP contribution in [0.25, 0.3) is 0 Å². The van der Waals surface area contributed by atoms with Gasteiger partial charge >= 0.3 is 0 Å². The summed E-state index contributed by atoms with van der Waals surface area (Å²) in [5.74, 6) is -3.11. The molecule has 160 valence electrons. The number of hydrogen-bond acceptors (Lipinski definition) is 7. The van der Waals surface area contributed by atoms with Crippen LogP contribution in [0.3, 0.4) is 0 Å². The molecule has 0 aliphatic carbocycles. The lowest BCUT2D eigenvalue weighted by Crippen LogP contribution is -2.46. The van der Waals surface area contributed by atoms with E-state index in [2.05, 4.69) is 21.0 Å². The third-order valence-electron chi connectivity index (χ3n) is 5.99. The van der Waals surface area contributed by atoms with E-state index in [1.165, 1.54) is 35.5 Å². The highest BCUT2D eigenvalue weighted by Crippen LogP contribution is 2.46. The molecule has 0 aromatic heterocycles. The quantitative estimate of drug-likeness (QED) is 0.279. The standard InChI is InChI=1S/C22H15BrN4O5/c23-13-6-8-14(9-7-13)25-21(29)17-16-5-2-10-24-26(16)19(18(17)22(25)30)20(28)12-3-1-4-15(11-12)27(31)32/h1-11,16-19H/t16-,17-,18-,19-/m1/s1. The number of anilines is 1. The van der Waals surface area contributed by atoms with Crippen molar-refractivity contribution in [1.82, 2.24) is 5.01 Å². The summed E-state index contributed by atoms with van der Waals surface area (Å²) in [4.78, 5) is 52.1. The number of carbonyl (C=O) groups is 3. The maximum absolute atomic E-state index is 13.5. The Kier molecular flexibility index (Phi) is 4.74. The van der Waals surface area contributed by atoms with E-state index in [0.29, 0.717) is 5.69 Å². The molecule has 0 saturated carbocycles. The van der Waals surface area contributed by atoms with Crippen molar-refractivity contribution in [2.45, 2.75) is 12.1 Å². The largest absolute Gasteiger partial charge is 0.292 e. The lowest BCUT2D eigenvalue weighted by molar-refractivity contribution is -0.384. The summed E-state index contributed by atoms with van der Waals surface area (Å²) < 4.78 is 0.801. The van der Waals surface area contributed by atoms with E-state index >= 15 is 0 Å². The Balaban J connectivity index is 1.57. The van der Waals surface area contributed by atoms with E-state index in [-0.39, 0.29) is 11.3 Å². The summed E-state index contributed by atoms with van der Waals surface area (Å²) in [6, 6.07) is 10.5. The number of allylic oxidation sites excluding steroid dienone is 1. The molecule has 0 N–H and O–H groups in total. The lowest BCUT2D eigenvalue weighted by Gasteiger charge is -2.30. The van der Waals surface area contributed by atoms with Gasteiger partial charge in [0, 0.05) is 28.4 Å². The predicted octanol–water partition coefficient (Wildman–Crippen LogP) is 2.95. The molecule has 4 atom stereocenters. The molecule has 0 bridgehead atoms. The molecule has 2 amide bonds. The van der Waals surface area contributed by atoms with Gasteiger partial charge in [-0.05, 0) is 30.3 Å². The van der Waals surface area contributed by atoms with Crippen molar-refractivity contribution in [3.8, 4) is 0 Å². The average Bonchev–Trinajstić information content (AvgIpc) is 3.27. The zero-order valence-corrected chi connectivity index (χ0v) is 18.0. The van der Waals surface area contributed by atoms with Crippen LogP contribution in [0.2, 0.25) is 0 Å². The summed E-state index contributed by atoms with van der Waals surface area (Å²) in [6.07, 6.45) is 4.92. The minimum atomic E-state index is -1.05. The number of amides is 2. The number of nitro groups is 1. The summed E-state index contributed by atoms with van der Waals surface area (Å²) in [7, 11) is 0. The zero-order valence-electron chi connectivity index (χ0n) is 16.4. The highest BCUT2D eigenvalue weighted by atomic mass is 79.9. The van der Waals surface area contributed by atoms with E-state index in [0.717, 1.165) is 9.37 Å². The number of rotatable bonds is 4. The molecule has 3 heterocycles. The fraction of sp³-hybridized carbons (Fsp3) is 0.182. The topological polar surface area (TPSA) is 113 Å². The molecular formula is C22H15BrN4O5. The summed E-state index contributed by atoms with van der Waals surface area (Å²) >= 11 is 3.34. The summed E-state index contributed by atoms with van der Waals surface area (Å²) in [6.45, 7) is 0. The van der Waals surface area contributed by atoms with Crippen molar-refractivity contribution < 1.29 is 19.3 Å². The molecule has 2 fully saturated rings. The number of nitro benzene ring substituents is 1. The molecule has 0 spiro atoms. The maximum Gasteiger partial charge on any atom is 0.270 e. The highest BCUT2D eigenvalue weighted by molar-refractivity contribution is 9.10. The number of fused-ring (bicyclic) bond motifs is 3. The van der Waals surface area contributed by atoms with Crippen molar-refractivity contribution in [3.05, 3.63) is 80.8 Å². The van der Waals surface area contributed by atoms with Gasteiger partial charge in [-0.15, -0.1) is 0 Å². The van der Waals surface area contributed by atoms with Gasteiger partial charge < -0.3 is 0 Å². The first-order chi connectivity index (χ1) is 15.4. The second-order valence-electron chi connectivity index (χ2n) is 7.68. The van der Waals surface area contributed by atoms with Gasteiger partial charge in [0.1, 0.15) is 6.04 Å². The molecular weight excluding hydrogens is 480 g/mol. The van der Waals surface area contributed by atoms with Crippen molar-refractivity contribution in [2.24, 2.45) is 16.9 Å². The summed E-state index contributed by atoms with van der Waals surface area (Å²) in [5.41, 5.74) is 0.291. The molecule has 2 saturated heterocycles. The van der Waals surface area contributed by atoms with E-state index in [4.69, 9.17) is 0 Å². The number of ketones is 1. The first kappa shape index (κ1) is 20.3. The SMILES string of the molecule is O=C(c1cccc([N+](=O)[O-])c1)[C@H]1[C@@H]2C(=O)N(c3ccc(Br)cc3)C(=O)[C@@H]2[C@H]2C=CC=NN21. The Morgan fingerprint density at radius 2 is 1.78 bits per heavy atom. The monoisotopic (exact) mass is 494 g/mol. The molecule has 3 aliphatic rings. The van der Waals surface area contributed by atoms with Crippen LogP contribution in [0, 0.1) is 22.0 Å². The van der Waals surface area contributed by atoms with Crippen LogP contribution in [0.15, 0.2) is 70.3 Å². The molecule has 10 heteroatoms. The number of hydrazone groups is 1. The van der Waals surface area contributed by atoms with Gasteiger partial charge in [-0.1, -0.05) is 34.1 Å². The molecule has 3 aliphatic heterocycles. The number of halogens is 1. The Bertz CT molecular complexity index is 1230. The molecule has 0 unspecified atom stereocenters. The van der Waals surface area contributed by atoms with Crippen LogP contribution in [-0.4, -0.2) is 45.8 Å². The smallest absolute Gasteiger partial charge is 0.270 e. The van der Waals surface area contributed by atoms with Gasteiger partial charge in [0.05, 0.1) is 28.5 Å². The minimum Gasteiger partial charge on any atom is -0.292 e. The van der Waals surface area contributed by atoms with E-state index in [1.54, 1.807) is 36.4 Å². The highest BCUT2D eigenvalue weighted by Gasteiger charge is 2.64. The minimum absolute atomic E-state index is 0.0932. The average molecular weight is 495 g/mol. The molecule has 5 rings (SSSR count). The van der Waals surface area contributed by atoms with Gasteiger partial charge in [0.15, 0.2) is 5.78 Å². The molecule has 2 aromatic rings. The van der Waals surface area contributed by atoms with E-state index in [9.17, 15) is 24.5 Å². The van der Waals surface area contributed by atoms with Crippen molar-refractivity contribution in [1.29, 1.82) is 0 Å². The summed E-state index contributed by atoms with van der Waals surface area (Å²) in [5, 5.41) is 16.9. The number of Topliss-reactive ketones (excluding diaryl/α,β-unsaturated/α-hetero) is 1. The van der Waals surface area contributed by atoms with Gasteiger partial charge in [0.2, 0.25) is 11.8 Å². The Morgan fingerprint density at radius 1 is 1.06 bits per heavy atom. The molecule has 2 aromatic carbocycles. The van der Waals surface area contributed by atoms with Crippen LogP contribution >= 0.6 is 15.9 Å². The number of nitrogens with zero attached hydrogens (tertiary/aromatic N) is 4. The van der Waals surface area contributed by atoms with Crippen LogP contribution in [-0.2, 0) is 9.59 Å². The van der Waals surface area contributed by atoms with Gasteiger partial charge in [-0.3, -0.25) is 29.5 Å². The number of non-ortho nitro benzene ring substituents is 1. The van der Waals surface area contributed by atoms with Crippen LogP contribution in [0.4, 0.5) is 11.4 Å². The normalized spacial score (nSPS) is 25.8. The fourth-order valence-corrected chi connectivity index (χ4v) is 4.89. The number of benzene rings is 2. The number of hydrogen-bond donors (Lipinski definition) is 0. The Hall–Kier alpha value is -3.66. The Labute approximate surface area is 190 Å². The van der Waals surface area contributed by atoms with Crippen LogP contribution in [0.1, 0.15) is 10.4 Å². The maximum atomic E-state index is 13.5. The Morgan fingerprint density at radius 3 is 2.50 bits per heavy atom. The molecule has 32 heavy (non-hydrogen) atoms. The van der Waals surface area contributed by atoms with E-state index in [1.807, 2.05) is 0 Å². The fourth-order valence-electron chi connectivity index (χ4n) is 4.63. The predicted molar refractivity (Wildman–Crippen MR) is 118 cm³/mol. The van der Waals surface area contributed by atoms with Crippen LogP contribution in [0.5, 0.6) is 0 Å². The van der Waals surface area contributed by atoms with Crippen molar-refractivity contribution in [2.75, 3.05) is 4.90 Å². The van der Waals surface area contributed by atoms with Crippen LogP contribution < -0.4 is 4.90 Å². The van der Waals surface area contributed by atoms with Crippen molar-refractivity contribution in [3.63, 3.8) is 0 Å². The number of carbonyl (C=O) groups excluding carboxylic acids is 3. The third-order valence-corrected chi connectivity index (χ3v) is 6.51. The van der Waals surface area contributed by atoms with Gasteiger partial charge in [0.25, 0.3) is 5.69 Å². The van der Waals surface area contributed by atoms with Crippen molar-refractivity contribution >= 4 is 51.1 Å². The zero-order chi connectivity index (χ0) is 22.6. The molecule has 0 radical (unpaired) electrons. The van der Waals surface area contributed by atoms with Gasteiger partial charge in [-0.2, -0.15) is 5.10 Å².